The normalized spacial score (nSPS) is 9.70. The summed E-state index contributed by atoms with van der Waals surface area (Å²) in [5, 5.41) is 13.1. The Labute approximate surface area is 120 Å². The maximum absolute atomic E-state index is 13.7. The largest absolute Gasteiger partial charge is 0.384 e. The fraction of sp³-hybridized carbons (Fsp3) is 0.133. The van der Waals surface area contributed by atoms with E-state index in [0.29, 0.717) is 5.69 Å². The molecule has 0 aliphatic heterocycles. The van der Waals surface area contributed by atoms with Gasteiger partial charge in [-0.05, 0) is 29.6 Å². The fourth-order valence-electron chi connectivity index (χ4n) is 1.61. The predicted octanol–water partition coefficient (Wildman–Crippen LogP) is 2.41. The van der Waals surface area contributed by atoms with Crippen molar-refractivity contribution >= 4 is 22.9 Å². The summed E-state index contributed by atoms with van der Waals surface area (Å²) in [7, 11) is 0. The van der Waals surface area contributed by atoms with Gasteiger partial charge < -0.3 is 10.4 Å². The first-order valence-corrected chi connectivity index (χ1v) is 6.78. The molecule has 20 heavy (non-hydrogen) atoms. The lowest BCUT2D eigenvalue weighted by Crippen LogP contribution is -2.13. The van der Waals surface area contributed by atoms with E-state index < -0.39 is 5.82 Å². The van der Waals surface area contributed by atoms with Crippen LogP contribution in [0.4, 0.5) is 10.1 Å². The van der Waals surface area contributed by atoms with Crippen molar-refractivity contribution in [2.75, 3.05) is 11.9 Å². The van der Waals surface area contributed by atoms with Gasteiger partial charge in [-0.1, -0.05) is 17.9 Å². The van der Waals surface area contributed by atoms with Gasteiger partial charge in [-0.2, -0.15) is 0 Å². The van der Waals surface area contributed by atoms with E-state index in [1.807, 2.05) is 17.5 Å². The minimum absolute atomic E-state index is 0.190. The predicted molar refractivity (Wildman–Crippen MR) is 77.0 cm³/mol. The Morgan fingerprint density at radius 2 is 2.25 bits per heavy atom. The number of aliphatic hydroxyl groups is 1. The highest BCUT2D eigenvalue weighted by atomic mass is 32.1. The van der Waals surface area contributed by atoms with Gasteiger partial charge >= 0.3 is 0 Å². The molecule has 0 spiro atoms. The zero-order valence-corrected chi connectivity index (χ0v) is 11.3. The van der Waals surface area contributed by atoms with Gasteiger partial charge in [0.15, 0.2) is 0 Å². The number of hydrogen-bond donors (Lipinski definition) is 2. The Balaban J connectivity index is 2.03. The molecular formula is C15H12FNO2S. The van der Waals surface area contributed by atoms with Crippen molar-refractivity contribution in [1.82, 2.24) is 0 Å². The molecule has 0 saturated heterocycles. The van der Waals surface area contributed by atoms with Crippen molar-refractivity contribution < 1.29 is 14.3 Å². The standard InChI is InChI=1S/C15H12FNO2S/c16-14-9-12(6-5-11(14)3-1-7-18)17-15(19)10-13-4-2-8-20-13/h2,4-6,8-9,18H,7,10H2,(H,17,19). The lowest BCUT2D eigenvalue weighted by Gasteiger charge is -2.05. The maximum Gasteiger partial charge on any atom is 0.229 e. The minimum atomic E-state index is -0.528. The van der Waals surface area contributed by atoms with E-state index in [1.165, 1.54) is 23.5 Å². The number of rotatable bonds is 3. The van der Waals surface area contributed by atoms with Crippen LogP contribution in [0.2, 0.25) is 0 Å². The Kier molecular flexibility index (Phi) is 4.88. The van der Waals surface area contributed by atoms with Gasteiger partial charge in [-0.15, -0.1) is 11.3 Å². The van der Waals surface area contributed by atoms with E-state index in [9.17, 15) is 9.18 Å². The molecule has 1 aromatic heterocycles. The van der Waals surface area contributed by atoms with Crippen molar-refractivity contribution in [1.29, 1.82) is 0 Å². The smallest absolute Gasteiger partial charge is 0.229 e. The highest BCUT2D eigenvalue weighted by Gasteiger charge is 2.07. The summed E-state index contributed by atoms with van der Waals surface area (Å²) < 4.78 is 13.7. The van der Waals surface area contributed by atoms with Crippen LogP contribution in [0.5, 0.6) is 0 Å². The van der Waals surface area contributed by atoms with E-state index >= 15 is 0 Å². The molecular weight excluding hydrogens is 277 g/mol. The third-order valence-corrected chi connectivity index (χ3v) is 3.35. The first kappa shape index (κ1) is 14.3. The van der Waals surface area contributed by atoms with E-state index in [1.54, 1.807) is 6.07 Å². The molecule has 1 amide bonds. The van der Waals surface area contributed by atoms with Gasteiger partial charge in [0.05, 0.1) is 12.0 Å². The van der Waals surface area contributed by atoms with Crippen LogP contribution in [0.15, 0.2) is 35.7 Å². The van der Waals surface area contributed by atoms with Crippen molar-refractivity contribution in [3.8, 4) is 11.8 Å². The van der Waals surface area contributed by atoms with Crippen LogP contribution in [0.25, 0.3) is 0 Å². The zero-order valence-electron chi connectivity index (χ0n) is 10.5. The van der Waals surface area contributed by atoms with Gasteiger partial charge in [-0.25, -0.2) is 4.39 Å². The topological polar surface area (TPSA) is 49.3 Å². The van der Waals surface area contributed by atoms with Crippen LogP contribution < -0.4 is 5.32 Å². The number of amides is 1. The molecule has 0 unspecified atom stereocenters. The highest BCUT2D eigenvalue weighted by molar-refractivity contribution is 7.10. The third kappa shape index (κ3) is 3.92. The average Bonchev–Trinajstić information content (AvgIpc) is 2.90. The molecule has 0 bridgehead atoms. The molecule has 0 radical (unpaired) electrons. The van der Waals surface area contributed by atoms with Gasteiger partial charge in [0.25, 0.3) is 0 Å². The lowest BCUT2D eigenvalue weighted by atomic mass is 10.2. The highest BCUT2D eigenvalue weighted by Crippen LogP contribution is 2.15. The number of carbonyl (C=O) groups excluding carboxylic acids is 1. The molecule has 2 aromatic rings. The van der Waals surface area contributed by atoms with E-state index in [4.69, 9.17) is 5.11 Å². The number of aliphatic hydroxyl groups excluding tert-OH is 1. The fourth-order valence-corrected chi connectivity index (χ4v) is 2.31. The lowest BCUT2D eigenvalue weighted by molar-refractivity contribution is -0.115. The second-order valence-corrected chi connectivity index (χ2v) is 4.99. The molecule has 102 valence electrons. The second kappa shape index (κ2) is 6.85. The van der Waals surface area contributed by atoms with E-state index in [0.717, 1.165) is 4.88 Å². The van der Waals surface area contributed by atoms with Gasteiger partial charge in [0.1, 0.15) is 12.4 Å². The quantitative estimate of drug-likeness (QED) is 0.853. The Morgan fingerprint density at radius 3 is 2.90 bits per heavy atom. The summed E-state index contributed by atoms with van der Waals surface area (Å²) in [6.07, 6.45) is 0.269. The van der Waals surface area contributed by atoms with Crippen molar-refractivity contribution in [3.05, 3.63) is 52.0 Å². The first-order chi connectivity index (χ1) is 9.69. The minimum Gasteiger partial charge on any atom is -0.384 e. The average molecular weight is 289 g/mol. The Hall–Kier alpha value is -2.16. The Bertz CT molecular complexity index is 656. The number of hydrogen-bond acceptors (Lipinski definition) is 3. The summed E-state index contributed by atoms with van der Waals surface area (Å²) >= 11 is 1.50. The summed E-state index contributed by atoms with van der Waals surface area (Å²) in [4.78, 5) is 12.7. The molecule has 0 aliphatic carbocycles. The summed E-state index contributed by atoms with van der Waals surface area (Å²) in [5.74, 6) is 4.15. The van der Waals surface area contributed by atoms with Crippen LogP contribution in [-0.4, -0.2) is 17.6 Å². The third-order valence-electron chi connectivity index (χ3n) is 2.47. The van der Waals surface area contributed by atoms with Crippen LogP contribution >= 0.6 is 11.3 Å². The van der Waals surface area contributed by atoms with Gasteiger partial charge in [0.2, 0.25) is 5.91 Å². The zero-order chi connectivity index (χ0) is 14.4. The van der Waals surface area contributed by atoms with E-state index in [-0.39, 0.29) is 24.5 Å². The van der Waals surface area contributed by atoms with Crippen LogP contribution in [0.3, 0.4) is 0 Å². The van der Waals surface area contributed by atoms with Crippen molar-refractivity contribution in [2.24, 2.45) is 0 Å². The maximum atomic E-state index is 13.7. The van der Waals surface area contributed by atoms with Crippen LogP contribution in [0, 0.1) is 17.7 Å². The second-order valence-electron chi connectivity index (χ2n) is 3.96. The molecule has 0 saturated carbocycles. The number of thiophene rings is 1. The van der Waals surface area contributed by atoms with Crippen LogP contribution in [0.1, 0.15) is 10.4 Å². The van der Waals surface area contributed by atoms with Gasteiger partial charge in [-0.3, -0.25) is 4.79 Å². The summed E-state index contributed by atoms with van der Waals surface area (Å²) in [6, 6.07) is 8.02. The molecule has 0 atom stereocenters. The van der Waals surface area contributed by atoms with E-state index in [2.05, 4.69) is 17.2 Å². The molecule has 3 nitrogen and oxygen atoms in total. The van der Waals surface area contributed by atoms with Gasteiger partial charge in [0, 0.05) is 10.6 Å². The van der Waals surface area contributed by atoms with Crippen molar-refractivity contribution in [2.45, 2.75) is 6.42 Å². The molecule has 5 heteroatoms. The molecule has 0 aliphatic rings. The number of halogens is 1. The Morgan fingerprint density at radius 1 is 1.40 bits per heavy atom. The SMILES string of the molecule is O=C(Cc1cccs1)Nc1ccc(C#CCO)c(F)c1. The molecule has 1 heterocycles. The molecule has 0 fully saturated rings. The van der Waals surface area contributed by atoms with Crippen LogP contribution in [-0.2, 0) is 11.2 Å². The number of benzene rings is 1. The van der Waals surface area contributed by atoms with Crippen molar-refractivity contribution in [3.63, 3.8) is 0 Å². The number of carbonyl (C=O) groups is 1. The molecule has 1 aromatic carbocycles. The monoisotopic (exact) mass is 289 g/mol. The first-order valence-electron chi connectivity index (χ1n) is 5.90. The number of anilines is 1. The summed E-state index contributed by atoms with van der Waals surface area (Å²) in [5.41, 5.74) is 0.578. The number of nitrogens with one attached hydrogen (secondary N) is 1. The summed E-state index contributed by atoms with van der Waals surface area (Å²) in [6.45, 7) is -0.321. The molecule has 2 N–H and O–H groups in total. The molecule has 2 rings (SSSR count).